The third-order valence-corrected chi connectivity index (χ3v) is 6.95. The number of hydrogen-bond acceptors (Lipinski definition) is 6. The molecule has 0 spiro atoms. The van der Waals surface area contributed by atoms with Crippen LogP contribution in [0.3, 0.4) is 0 Å². The van der Waals surface area contributed by atoms with Gasteiger partial charge in [0, 0.05) is 31.0 Å². The van der Waals surface area contributed by atoms with Crippen LogP contribution in [0.1, 0.15) is 65.7 Å². The second-order valence-electron chi connectivity index (χ2n) is 11.2. The Morgan fingerprint density at radius 3 is 2.10 bits per heavy atom. The lowest BCUT2D eigenvalue weighted by molar-refractivity contribution is -0.156. The van der Waals surface area contributed by atoms with Crippen LogP contribution in [-0.4, -0.2) is 65.2 Å². The summed E-state index contributed by atoms with van der Waals surface area (Å²) in [6.07, 6.45) is 2.39. The van der Waals surface area contributed by atoms with E-state index in [1.54, 1.807) is 25.7 Å². The zero-order valence-electron chi connectivity index (χ0n) is 22.4. The second kappa shape index (κ2) is 13.0. The summed E-state index contributed by atoms with van der Waals surface area (Å²) >= 11 is 0. The van der Waals surface area contributed by atoms with Crippen LogP contribution < -0.4 is 10.1 Å². The topological polar surface area (TPSA) is 105 Å². The van der Waals surface area contributed by atoms with E-state index in [1.807, 2.05) is 0 Å². The Morgan fingerprint density at radius 2 is 1.56 bits per heavy atom. The van der Waals surface area contributed by atoms with Gasteiger partial charge in [0.05, 0.1) is 12.5 Å². The minimum Gasteiger partial charge on any atom is -0.485 e. The molecular formula is C27H36F4N2O6. The summed E-state index contributed by atoms with van der Waals surface area (Å²) in [5.74, 6) is -9.92. The maximum Gasteiger partial charge on any atom is 0.308 e. The van der Waals surface area contributed by atoms with E-state index >= 15 is 0 Å². The molecule has 2 atom stereocenters. The first-order valence-corrected chi connectivity index (χ1v) is 13.2. The molecule has 1 aliphatic carbocycles. The fourth-order valence-corrected chi connectivity index (χ4v) is 4.90. The number of carbonyl (C=O) groups is 3. The van der Waals surface area contributed by atoms with Crippen LogP contribution in [0, 0.1) is 35.1 Å². The first kappa shape index (κ1) is 30.6. The summed E-state index contributed by atoms with van der Waals surface area (Å²) in [6.45, 7) is 4.80. The maximum absolute atomic E-state index is 14.0. The zero-order chi connectivity index (χ0) is 28.9. The molecule has 8 nitrogen and oxygen atoms in total. The summed E-state index contributed by atoms with van der Waals surface area (Å²) in [6, 6.07) is -1.28. The van der Waals surface area contributed by atoms with E-state index < -0.39 is 77.6 Å². The third kappa shape index (κ3) is 8.30. The largest absolute Gasteiger partial charge is 0.485 e. The number of amides is 2. The molecule has 2 aliphatic rings. The zero-order valence-corrected chi connectivity index (χ0v) is 22.4. The lowest BCUT2D eigenvalue weighted by Crippen LogP contribution is -2.51. The van der Waals surface area contributed by atoms with Crippen LogP contribution in [0.4, 0.5) is 17.6 Å². The molecule has 1 aliphatic heterocycles. The minimum atomic E-state index is -1.78. The number of nitrogens with zero attached hydrogens (tertiary/aromatic N) is 1. The quantitative estimate of drug-likeness (QED) is 0.272. The van der Waals surface area contributed by atoms with Gasteiger partial charge in [0.25, 0.3) is 0 Å². The molecule has 1 saturated heterocycles. The summed E-state index contributed by atoms with van der Waals surface area (Å²) in [4.78, 5) is 40.0. The van der Waals surface area contributed by atoms with Gasteiger partial charge in [-0.05, 0) is 46.5 Å². The molecule has 39 heavy (non-hydrogen) atoms. The second-order valence-corrected chi connectivity index (χ2v) is 11.2. The van der Waals surface area contributed by atoms with Crippen molar-refractivity contribution in [1.29, 1.82) is 0 Å². The van der Waals surface area contributed by atoms with Gasteiger partial charge in [0.1, 0.15) is 18.3 Å². The van der Waals surface area contributed by atoms with Crippen LogP contribution in [-0.2, 0) is 19.1 Å². The number of aliphatic hydroxyl groups is 1. The standard InChI is InChI=1S/C27H36F4N2O6/c1-27(2,3)39-21(35)13-19(20(34)14-38-24-22(30)17(28)12-18(29)23(24)31)32-25(36)15-8-10-33(11-9-15)26(37)16-6-4-5-7-16/h12,15-16,19-20,34H,4-11,13-14H2,1-3H3,(H,32,36)/t19-,20?/m0/s1. The molecule has 1 saturated carbocycles. The maximum atomic E-state index is 14.0. The molecule has 2 N–H and O–H groups in total. The molecular weight excluding hydrogens is 524 g/mol. The average molecular weight is 561 g/mol. The van der Waals surface area contributed by atoms with Crippen LogP contribution >= 0.6 is 0 Å². The molecule has 2 amide bonds. The van der Waals surface area contributed by atoms with Gasteiger partial charge in [-0.1, -0.05) is 12.8 Å². The number of esters is 1. The number of rotatable bonds is 9. The Bertz CT molecular complexity index is 1020. The fourth-order valence-electron chi connectivity index (χ4n) is 4.90. The Hall–Kier alpha value is -2.89. The smallest absolute Gasteiger partial charge is 0.308 e. The summed E-state index contributed by atoms with van der Waals surface area (Å²) in [7, 11) is 0. The van der Waals surface area contributed by atoms with E-state index in [0.717, 1.165) is 25.7 Å². The van der Waals surface area contributed by atoms with Crippen molar-refractivity contribution in [2.45, 2.75) is 83.5 Å². The van der Waals surface area contributed by atoms with E-state index in [-0.39, 0.29) is 17.9 Å². The molecule has 1 aromatic carbocycles. The van der Waals surface area contributed by atoms with Crippen molar-refractivity contribution in [2.24, 2.45) is 11.8 Å². The molecule has 1 heterocycles. The molecule has 0 radical (unpaired) electrons. The highest BCUT2D eigenvalue weighted by molar-refractivity contribution is 5.82. The number of carbonyl (C=O) groups excluding carboxylic acids is 3. The number of halogens is 4. The van der Waals surface area contributed by atoms with E-state index in [2.05, 4.69) is 5.32 Å². The van der Waals surface area contributed by atoms with Gasteiger partial charge >= 0.3 is 5.97 Å². The lowest BCUT2D eigenvalue weighted by atomic mass is 9.93. The Kier molecular flexibility index (Phi) is 10.2. The van der Waals surface area contributed by atoms with Gasteiger partial charge in [-0.3, -0.25) is 14.4 Å². The first-order chi connectivity index (χ1) is 18.3. The van der Waals surface area contributed by atoms with Gasteiger partial charge in [0.15, 0.2) is 17.4 Å². The monoisotopic (exact) mass is 560 g/mol. The van der Waals surface area contributed by atoms with E-state index in [1.165, 1.54) is 0 Å². The van der Waals surface area contributed by atoms with Crippen LogP contribution in [0.25, 0.3) is 0 Å². The fraction of sp³-hybridized carbons (Fsp3) is 0.667. The van der Waals surface area contributed by atoms with Crippen LogP contribution in [0.15, 0.2) is 6.07 Å². The summed E-state index contributed by atoms with van der Waals surface area (Å²) in [5.41, 5.74) is -0.864. The number of nitrogens with one attached hydrogen (secondary N) is 1. The number of ether oxygens (including phenoxy) is 2. The molecule has 0 bridgehead atoms. The van der Waals surface area contributed by atoms with Crippen molar-refractivity contribution in [3.8, 4) is 5.75 Å². The highest BCUT2D eigenvalue weighted by atomic mass is 19.2. The average Bonchev–Trinajstić information content (AvgIpc) is 3.40. The van der Waals surface area contributed by atoms with Gasteiger partial charge < -0.3 is 24.8 Å². The van der Waals surface area contributed by atoms with Crippen molar-refractivity contribution < 1.29 is 46.5 Å². The lowest BCUT2D eigenvalue weighted by Gasteiger charge is -2.34. The number of likely N-dealkylation sites (tertiary alicyclic amines) is 1. The number of aliphatic hydroxyl groups excluding tert-OH is 1. The van der Waals surface area contributed by atoms with Crippen molar-refractivity contribution in [3.05, 3.63) is 29.3 Å². The van der Waals surface area contributed by atoms with Crippen LogP contribution in [0.5, 0.6) is 5.75 Å². The van der Waals surface area contributed by atoms with Crippen molar-refractivity contribution in [2.75, 3.05) is 19.7 Å². The van der Waals surface area contributed by atoms with Crippen LogP contribution in [0.2, 0.25) is 0 Å². The van der Waals surface area contributed by atoms with E-state index in [9.17, 15) is 37.1 Å². The third-order valence-electron chi connectivity index (χ3n) is 6.95. The Labute approximate surface area is 225 Å². The Morgan fingerprint density at radius 1 is 1.00 bits per heavy atom. The van der Waals surface area contributed by atoms with Crippen molar-refractivity contribution >= 4 is 17.8 Å². The molecule has 0 aromatic heterocycles. The predicted molar refractivity (Wildman–Crippen MR) is 131 cm³/mol. The molecule has 1 aromatic rings. The van der Waals surface area contributed by atoms with Gasteiger partial charge in [-0.15, -0.1) is 0 Å². The van der Waals surface area contributed by atoms with E-state index in [0.29, 0.717) is 25.9 Å². The molecule has 12 heteroatoms. The van der Waals surface area contributed by atoms with Gasteiger partial charge in [-0.25, -0.2) is 8.78 Å². The number of piperidine rings is 1. The predicted octanol–water partition coefficient (Wildman–Crippen LogP) is 3.63. The molecule has 218 valence electrons. The summed E-state index contributed by atoms with van der Waals surface area (Å²) in [5, 5.41) is 13.3. The Balaban J connectivity index is 1.64. The van der Waals surface area contributed by atoms with Crippen molar-refractivity contribution in [1.82, 2.24) is 10.2 Å². The minimum absolute atomic E-state index is 0.0200. The number of benzene rings is 1. The SMILES string of the molecule is CC(C)(C)OC(=O)C[C@H](NC(=O)C1CCN(C(=O)C2CCCC2)CC1)C(O)COc1c(F)c(F)cc(F)c1F. The first-order valence-electron chi connectivity index (χ1n) is 13.2. The van der Waals surface area contributed by atoms with Gasteiger partial charge in [0.2, 0.25) is 23.4 Å². The highest BCUT2D eigenvalue weighted by Crippen LogP contribution is 2.29. The molecule has 2 fully saturated rings. The molecule has 1 unspecified atom stereocenters. The highest BCUT2D eigenvalue weighted by Gasteiger charge is 2.35. The number of hydrogen-bond donors (Lipinski definition) is 2. The van der Waals surface area contributed by atoms with Gasteiger partial charge in [-0.2, -0.15) is 8.78 Å². The normalized spacial score (nSPS) is 18.5. The summed E-state index contributed by atoms with van der Waals surface area (Å²) < 4.78 is 65.1. The van der Waals surface area contributed by atoms with Crippen molar-refractivity contribution in [3.63, 3.8) is 0 Å². The molecule has 3 rings (SSSR count). The van der Waals surface area contributed by atoms with E-state index in [4.69, 9.17) is 9.47 Å².